The Bertz CT molecular complexity index is 1230. The molecule has 248 valence electrons. The summed E-state index contributed by atoms with van der Waals surface area (Å²) in [6.45, 7) is 7.08. The van der Waals surface area contributed by atoms with Gasteiger partial charge in [-0.1, -0.05) is 37.5 Å². The van der Waals surface area contributed by atoms with E-state index in [4.69, 9.17) is 14.2 Å². The molecule has 12 nitrogen and oxygen atoms in total. The van der Waals surface area contributed by atoms with Crippen LogP contribution in [0.25, 0.3) is 0 Å². The largest absolute Gasteiger partial charge is 0.464 e. The summed E-state index contributed by atoms with van der Waals surface area (Å²) in [7, 11) is 0. The molecule has 3 amide bonds. The van der Waals surface area contributed by atoms with E-state index < -0.39 is 59.2 Å². The number of benzene rings is 1. The van der Waals surface area contributed by atoms with Crippen molar-refractivity contribution in [2.45, 2.75) is 108 Å². The fraction of sp³-hybridized carbons (Fsp3) is 0.667. The quantitative estimate of drug-likeness (QED) is 0.317. The van der Waals surface area contributed by atoms with E-state index in [9.17, 15) is 29.1 Å². The van der Waals surface area contributed by atoms with Gasteiger partial charge in [0.25, 0.3) is 0 Å². The monoisotopic (exact) mass is 629 g/mol. The van der Waals surface area contributed by atoms with Crippen LogP contribution in [0, 0.1) is 11.8 Å². The van der Waals surface area contributed by atoms with Crippen LogP contribution >= 0.6 is 0 Å². The van der Waals surface area contributed by atoms with Gasteiger partial charge >= 0.3 is 18.0 Å². The number of alkyl carbamates (subject to hydrolysis) is 1. The van der Waals surface area contributed by atoms with Gasteiger partial charge in [0.1, 0.15) is 23.2 Å². The maximum atomic E-state index is 14.1. The summed E-state index contributed by atoms with van der Waals surface area (Å²) in [4.78, 5) is 68.0. The van der Waals surface area contributed by atoms with Crippen LogP contribution in [0.1, 0.15) is 89.4 Å². The molecule has 2 aliphatic heterocycles. The van der Waals surface area contributed by atoms with Crippen LogP contribution in [0.3, 0.4) is 0 Å². The number of esters is 2. The zero-order valence-electron chi connectivity index (χ0n) is 26.7. The fourth-order valence-corrected chi connectivity index (χ4v) is 6.28. The molecule has 3 N–H and O–H groups in total. The molecule has 45 heavy (non-hydrogen) atoms. The number of carbonyl (C=O) groups is 5. The first-order chi connectivity index (χ1) is 21.3. The molecular weight excluding hydrogens is 582 g/mol. The van der Waals surface area contributed by atoms with Gasteiger partial charge in [0.15, 0.2) is 0 Å². The van der Waals surface area contributed by atoms with E-state index in [-0.39, 0.29) is 38.0 Å². The molecule has 3 fully saturated rings. The molecule has 3 aliphatic rings. The summed E-state index contributed by atoms with van der Waals surface area (Å²) >= 11 is 0. The Morgan fingerprint density at radius 1 is 1.04 bits per heavy atom. The number of carbonyl (C=O) groups excluding carboxylic acids is 5. The van der Waals surface area contributed by atoms with Gasteiger partial charge in [0, 0.05) is 12.5 Å². The number of aliphatic hydroxyl groups excluding tert-OH is 1. The maximum Gasteiger partial charge on any atom is 0.408 e. The van der Waals surface area contributed by atoms with Crippen molar-refractivity contribution in [3.8, 4) is 0 Å². The first-order valence-corrected chi connectivity index (χ1v) is 16.0. The second-order valence-corrected chi connectivity index (χ2v) is 13.4. The van der Waals surface area contributed by atoms with Crippen molar-refractivity contribution >= 4 is 29.8 Å². The minimum Gasteiger partial charge on any atom is -0.464 e. The minimum absolute atomic E-state index is 0.0245. The van der Waals surface area contributed by atoms with Crippen LogP contribution in [-0.4, -0.2) is 88.9 Å². The average Bonchev–Trinajstić information content (AvgIpc) is 3.48. The molecule has 0 bridgehead atoms. The highest BCUT2D eigenvalue weighted by atomic mass is 16.6. The summed E-state index contributed by atoms with van der Waals surface area (Å²) in [5.41, 5.74) is -1.68. The van der Waals surface area contributed by atoms with Crippen molar-refractivity contribution in [2.24, 2.45) is 11.8 Å². The number of aliphatic hydroxyl groups is 1. The van der Waals surface area contributed by atoms with Crippen LogP contribution in [0.15, 0.2) is 30.3 Å². The Morgan fingerprint density at radius 3 is 2.44 bits per heavy atom. The highest BCUT2D eigenvalue weighted by Crippen LogP contribution is 2.48. The Labute approximate surface area is 264 Å². The number of fused-ring (bicyclic) bond motifs is 2. The molecule has 0 radical (unpaired) electrons. The molecule has 4 rings (SSSR count). The summed E-state index contributed by atoms with van der Waals surface area (Å²) in [5.74, 6) is -2.72. The van der Waals surface area contributed by atoms with E-state index in [2.05, 4.69) is 10.6 Å². The van der Waals surface area contributed by atoms with Crippen LogP contribution in [-0.2, 0) is 28.6 Å². The molecular formula is C33H47N3O9. The predicted octanol–water partition coefficient (Wildman–Crippen LogP) is 3.11. The average molecular weight is 630 g/mol. The minimum atomic E-state index is -1.28. The van der Waals surface area contributed by atoms with Crippen LogP contribution in [0.5, 0.6) is 0 Å². The molecule has 2 heterocycles. The molecule has 12 heteroatoms. The molecule has 6 atom stereocenters. The number of rotatable bonds is 6. The Morgan fingerprint density at radius 2 is 1.76 bits per heavy atom. The van der Waals surface area contributed by atoms with Crippen LogP contribution in [0.4, 0.5) is 4.79 Å². The van der Waals surface area contributed by atoms with Gasteiger partial charge in [0.05, 0.1) is 24.9 Å². The summed E-state index contributed by atoms with van der Waals surface area (Å²) in [6, 6.07) is 6.58. The van der Waals surface area contributed by atoms with Crippen molar-refractivity contribution in [3.63, 3.8) is 0 Å². The van der Waals surface area contributed by atoms with Crippen LogP contribution in [0.2, 0.25) is 0 Å². The van der Waals surface area contributed by atoms with E-state index in [1.807, 2.05) is 0 Å². The normalized spacial score (nSPS) is 29.2. The predicted molar refractivity (Wildman–Crippen MR) is 163 cm³/mol. The number of amides is 3. The van der Waals surface area contributed by atoms with Gasteiger partial charge in [-0.3, -0.25) is 9.59 Å². The summed E-state index contributed by atoms with van der Waals surface area (Å²) in [5, 5.41) is 16.3. The molecule has 1 unspecified atom stereocenters. The second kappa shape index (κ2) is 14.6. The number of nitrogens with one attached hydrogen (secondary N) is 2. The smallest absolute Gasteiger partial charge is 0.408 e. The van der Waals surface area contributed by atoms with E-state index >= 15 is 0 Å². The Kier molecular flexibility index (Phi) is 11.1. The van der Waals surface area contributed by atoms with E-state index in [0.29, 0.717) is 50.5 Å². The molecule has 0 aromatic heterocycles. The third-order valence-corrected chi connectivity index (χ3v) is 8.60. The molecule has 1 aliphatic carbocycles. The van der Waals surface area contributed by atoms with Gasteiger partial charge in [-0.15, -0.1) is 0 Å². The SMILES string of the molecule is CCOC(=O)[C@@]12C[C@H]1C[C@@H](O)CCCCC[C@H](NC(=O)OC(C)(C)C)C(=O)N1CC(COC(=O)c3ccccc3)C[C@H]1C(=O)N2. The molecule has 1 aromatic carbocycles. The van der Waals surface area contributed by atoms with Crippen LogP contribution < -0.4 is 10.6 Å². The van der Waals surface area contributed by atoms with E-state index in [1.54, 1.807) is 58.0 Å². The maximum absolute atomic E-state index is 14.1. The third-order valence-electron chi connectivity index (χ3n) is 8.60. The lowest BCUT2D eigenvalue weighted by atomic mass is 10.0. The first kappa shape index (κ1) is 34.2. The highest BCUT2D eigenvalue weighted by Gasteiger charge is 2.63. The molecule has 2 saturated heterocycles. The van der Waals surface area contributed by atoms with Gasteiger partial charge in [0.2, 0.25) is 11.8 Å². The van der Waals surface area contributed by atoms with E-state index in [1.165, 1.54) is 4.90 Å². The lowest BCUT2D eigenvalue weighted by molar-refractivity contribution is -0.150. The topological polar surface area (TPSA) is 161 Å². The lowest BCUT2D eigenvalue weighted by Gasteiger charge is -2.30. The summed E-state index contributed by atoms with van der Waals surface area (Å²) in [6.07, 6.45) is 2.28. The zero-order valence-corrected chi connectivity index (χ0v) is 26.7. The van der Waals surface area contributed by atoms with E-state index in [0.717, 1.165) is 0 Å². The molecule has 0 spiro atoms. The number of hydrogen-bond acceptors (Lipinski definition) is 9. The third kappa shape index (κ3) is 8.96. The second-order valence-electron chi connectivity index (χ2n) is 13.4. The van der Waals surface area contributed by atoms with Gasteiger partial charge in [-0.25, -0.2) is 14.4 Å². The Balaban J connectivity index is 1.59. The lowest BCUT2D eigenvalue weighted by Crippen LogP contribution is -2.56. The van der Waals surface area contributed by atoms with Crippen molar-refractivity contribution in [2.75, 3.05) is 19.8 Å². The standard InChI is InChI=1S/C33H47N3O9/c1-5-43-30(41)33-18-23(33)17-24(37)14-10-7-11-15-25(34-31(42)45-32(2,3)4)28(39)36-19-21(16-26(36)27(38)35-33)20-44-29(40)22-12-8-6-9-13-22/h6,8-9,12-13,21,23-26,37H,5,7,10-11,14-20H2,1-4H3,(H,34,42)(H,35,38)/t21?,23-,24+,25+,26+,33-/m1/s1. The van der Waals surface area contributed by atoms with Crippen molar-refractivity contribution in [3.05, 3.63) is 35.9 Å². The van der Waals surface area contributed by atoms with Crippen molar-refractivity contribution in [1.29, 1.82) is 0 Å². The molecule has 1 aromatic rings. The molecule has 1 saturated carbocycles. The van der Waals surface area contributed by atoms with Gasteiger partial charge in [-0.2, -0.15) is 0 Å². The fourth-order valence-electron chi connectivity index (χ4n) is 6.28. The summed E-state index contributed by atoms with van der Waals surface area (Å²) < 4.78 is 16.3. The van der Waals surface area contributed by atoms with Crippen molar-refractivity contribution in [1.82, 2.24) is 15.5 Å². The van der Waals surface area contributed by atoms with Gasteiger partial charge < -0.3 is 34.9 Å². The number of hydrogen-bond donors (Lipinski definition) is 3. The van der Waals surface area contributed by atoms with Crippen molar-refractivity contribution < 1.29 is 43.3 Å². The highest BCUT2D eigenvalue weighted by molar-refractivity contribution is 5.96. The van der Waals surface area contributed by atoms with Gasteiger partial charge in [-0.05, 0) is 77.8 Å². The Hall–Kier alpha value is -3.67. The number of ether oxygens (including phenoxy) is 3. The number of nitrogens with zero attached hydrogens (tertiary/aromatic N) is 1. The first-order valence-electron chi connectivity index (χ1n) is 16.0. The zero-order chi connectivity index (χ0) is 32.8.